The Hall–Kier alpha value is -1.03. The SMILES string of the molecule is CCNC(CC)(c1ccc(CC)cc1)C(F)(F)F. The molecule has 1 atom stereocenters. The van der Waals surface area contributed by atoms with Crippen molar-refractivity contribution in [3.8, 4) is 0 Å². The lowest BCUT2D eigenvalue weighted by molar-refractivity contribution is -0.202. The van der Waals surface area contributed by atoms with Crippen molar-refractivity contribution in [1.82, 2.24) is 5.32 Å². The molecule has 1 rings (SSSR count). The zero-order valence-electron chi connectivity index (χ0n) is 11.1. The summed E-state index contributed by atoms with van der Waals surface area (Å²) >= 11 is 0. The lowest BCUT2D eigenvalue weighted by atomic mass is 9.85. The summed E-state index contributed by atoms with van der Waals surface area (Å²) in [6.07, 6.45) is -3.49. The van der Waals surface area contributed by atoms with Gasteiger partial charge in [-0.3, -0.25) is 0 Å². The van der Waals surface area contributed by atoms with Gasteiger partial charge in [0.15, 0.2) is 0 Å². The van der Waals surface area contributed by atoms with Gasteiger partial charge in [0.05, 0.1) is 0 Å². The maximum absolute atomic E-state index is 13.4. The summed E-state index contributed by atoms with van der Waals surface area (Å²) in [5.41, 5.74) is -0.604. The minimum Gasteiger partial charge on any atom is -0.300 e. The second kappa shape index (κ2) is 5.74. The summed E-state index contributed by atoms with van der Waals surface area (Å²) in [6.45, 7) is 5.51. The highest BCUT2D eigenvalue weighted by Crippen LogP contribution is 2.41. The third-order valence-electron chi connectivity index (χ3n) is 3.35. The Morgan fingerprint density at radius 1 is 1.00 bits per heavy atom. The molecule has 0 fully saturated rings. The third kappa shape index (κ3) is 2.69. The van der Waals surface area contributed by atoms with Gasteiger partial charge in [0.1, 0.15) is 5.54 Å². The first kappa shape index (κ1) is 15.0. The number of aryl methyl sites for hydroxylation is 1. The topological polar surface area (TPSA) is 12.0 Å². The Morgan fingerprint density at radius 2 is 1.56 bits per heavy atom. The van der Waals surface area contributed by atoms with Crippen molar-refractivity contribution in [3.63, 3.8) is 0 Å². The van der Waals surface area contributed by atoms with Gasteiger partial charge in [-0.2, -0.15) is 13.2 Å². The number of benzene rings is 1. The van der Waals surface area contributed by atoms with Crippen LogP contribution in [-0.4, -0.2) is 12.7 Å². The number of alkyl halides is 3. The van der Waals surface area contributed by atoms with Crippen LogP contribution in [0.15, 0.2) is 24.3 Å². The summed E-state index contributed by atoms with van der Waals surface area (Å²) in [4.78, 5) is 0. The molecule has 1 N–H and O–H groups in total. The molecule has 0 saturated heterocycles. The van der Waals surface area contributed by atoms with Crippen LogP contribution in [-0.2, 0) is 12.0 Å². The number of halogens is 3. The molecule has 0 aliphatic heterocycles. The first-order valence-corrected chi connectivity index (χ1v) is 6.32. The predicted molar refractivity (Wildman–Crippen MR) is 67.5 cm³/mol. The van der Waals surface area contributed by atoms with E-state index < -0.39 is 11.7 Å². The third-order valence-corrected chi connectivity index (χ3v) is 3.35. The van der Waals surface area contributed by atoms with E-state index in [1.165, 1.54) is 0 Å². The van der Waals surface area contributed by atoms with Crippen molar-refractivity contribution in [3.05, 3.63) is 35.4 Å². The summed E-state index contributed by atoms with van der Waals surface area (Å²) < 4.78 is 40.1. The minimum absolute atomic E-state index is 0.0180. The first-order chi connectivity index (χ1) is 8.41. The molecule has 0 aromatic heterocycles. The second-order valence-corrected chi connectivity index (χ2v) is 4.34. The number of hydrogen-bond donors (Lipinski definition) is 1. The largest absolute Gasteiger partial charge is 0.410 e. The van der Waals surface area contributed by atoms with Crippen molar-refractivity contribution >= 4 is 0 Å². The fourth-order valence-electron chi connectivity index (χ4n) is 2.22. The van der Waals surface area contributed by atoms with E-state index >= 15 is 0 Å². The van der Waals surface area contributed by atoms with Crippen molar-refractivity contribution in [2.45, 2.75) is 45.3 Å². The van der Waals surface area contributed by atoms with E-state index in [4.69, 9.17) is 0 Å². The average molecular weight is 259 g/mol. The predicted octanol–water partition coefficient (Wildman–Crippen LogP) is 4.03. The van der Waals surface area contributed by atoms with Crippen LogP contribution >= 0.6 is 0 Å². The average Bonchev–Trinajstić information content (AvgIpc) is 2.34. The van der Waals surface area contributed by atoms with E-state index in [9.17, 15) is 13.2 Å². The van der Waals surface area contributed by atoms with E-state index in [0.717, 1.165) is 12.0 Å². The molecular weight excluding hydrogens is 239 g/mol. The molecule has 0 heterocycles. The Bertz CT molecular complexity index is 370. The van der Waals surface area contributed by atoms with Gasteiger partial charge in [0.25, 0.3) is 0 Å². The van der Waals surface area contributed by atoms with Crippen molar-refractivity contribution in [2.24, 2.45) is 0 Å². The molecule has 1 unspecified atom stereocenters. The summed E-state index contributed by atoms with van der Waals surface area (Å²) in [5.74, 6) is 0. The van der Waals surface area contributed by atoms with Gasteiger partial charge in [-0.25, -0.2) is 0 Å². The fraction of sp³-hybridized carbons (Fsp3) is 0.571. The summed E-state index contributed by atoms with van der Waals surface area (Å²) in [5, 5.41) is 2.61. The van der Waals surface area contributed by atoms with Crippen molar-refractivity contribution < 1.29 is 13.2 Å². The zero-order valence-corrected chi connectivity index (χ0v) is 11.1. The van der Waals surface area contributed by atoms with Gasteiger partial charge in [0.2, 0.25) is 0 Å². The summed E-state index contributed by atoms with van der Waals surface area (Å²) in [7, 11) is 0. The van der Waals surface area contributed by atoms with Crippen LogP contribution in [0.1, 0.15) is 38.3 Å². The minimum atomic E-state index is -4.30. The maximum atomic E-state index is 13.4. The van der Waals surface area contributed by atoms with Gasteiger partial charge < -0.3 is 5.32 Å². The molecule has 0 amide bonds. The molecule has 0 bridgehead atoms. The van der Waals surface area contributed by atoms with Gasteiger partial charge >= 0.3 is 6.18 Å². The van der Waals surface area contributed by atoms with Crippen LogP contribution in [0.4, 0.5) is 13.2 Å². The smallest absolute Gasteiger partial charge is 0.300 e. The van der Waals surface area contributed by atoms with E-state index in [2.05, 4.69) is 5.32 Å². The quantitative estimate of drug-likeness (QED) is 0.842. The second-order valence-electron chi connectivity index (χ2n) is 4.34. The highest BCUT2D eigenvalue weighted by atomic mass is 19.4. The van der Waals surface area contributed by atoms with Gasteiger partial charge in [-0.05, 0) is 30.5 Å². The van der Waals surface area contributed by atoms with Gasteiger partial charge in [0, 0.05) is 0 Å². The molecule has 0 spiro atoms. The van der Waals surface area contributed by atoms with Crippen LogP contribution in [0.5, 0.6) is 0 Å². The Morgan fingerprint density at radius 3 is 1.89 bits per heavy atom. The number of hydrogen-bond acceptors (Lipinski definition) is 1. The lowest BCUT2D eigenvalue weighted by Gasteiger charge is -2.36. The molecule has 0 aliphatic rings. The molecule has 18 heavy (non-hydrogen) atoms. The van der Waals surface area contributed by atoms with Crippen LogP contribution in [0.2, 0.25) is 0 Å². The Balaban J connectivity index is 3.24. The molecule has 1 aromatic carbocycles. The first-order valence-electron chi connectivity index (χ1n) is 6.32. The van der Waals surface area contributed by atoms with Crippen LogP contribution < -0.4 is 5.32 Å². The molecule has 4 heteroatoms. The van der Waals surface area contributed by atoms with E-state index in [1.54, 1.807) is 38.1 Å². The van der Waals surface area contributed by atoms with Crippen LogP contribution in [0, 0.1) is 0 Å². The van der Waals surface area contributed by atoms with Gasteiger partial charge in [-0.15, -0.1) is 0 Å². The molecule has 1 aromatic rings. The standard InChI is InChI=1S/C14H20F3N/c1-4-11-7-9-12(10-8-11)13(5-2,18-6-3)14(15,16)17/h7-10,18H,4-6H2,1-3H3. The van der Waals surface area contributed by atoms with Crippen LogP contribution in [0.25, 0.3) is 0 Å². The number of nitrogens with one attached hydrogen (secondary N) is 1. The molecule has 102 valence electrons. The highest BCUT2D eigenvalue weighted by Gasteiger charge is 2.54. The maximum Gasteiger partial charge on any atom is 0.410 e. The monoisotopic (exact) mass is 259 g/mol. The fourth-order valence-corrected chi connectivity index (χ4v) is 2.22. The normalized spacial score (nSPS) is 15.4. The van der Waals surface area contributed by atoms with Crippen molar-refractivity contribution in [2.75, 3.05) is 6.54 Å². The van der Waals surface area contributed by atoms with Gasteiger partial charge in [-0.1, -0.05) is 45.0 Å². The zero-order chi connectivity index (χ0) is 13.8. The van der Waals surface area contributed by atoms with Crippen LogP contribution in [0.3, 0.4) is 0 Å². The molecule has 0 saturated carbocycles. The molecular formula is C14H20F3N. The molecule has 0 radical (unpaired) electrons. The Kier molecular flexibility index (Phi) is 4.79. The lowest BCUT2D eigenvalue weighted by Crippen LogP contribution is -2.53. The Labute approximate surface area is 106 Å². The molecule has 1 nitrogen and oxygen atoms in total. The number of rotatable bonds is 5. The van der Waals surface area contributed by atoms with E-state index in [1.807, 2.05) is 6.92 Å². The summed E-state index contributed by atoms with van der Waals surface area (Å²) in [6, 6.07) is 6.70. The van der Waals surface area contributed by atoms with Crippen molar-refractivity contribution in [1.29, 1.82) is 0 Å². The highest BCUT2D eigenvalue weighted by molar-refractivity contribution is 5.30. The molecule has 0 aliphatic carbocycles. The van der Waals surface area contributed by atoms with E-state index in [-0.39, 0.29) is 18.5 Å². The van der Waals surface area contributed by atoms with E-state index in [0.29, 0.717) is 0 Å².